The normalized spacial score (nSPS) is 25.9. The van der Waals surface area contributed by atoms with Crippen molar-refractivity contribution in [2.75, 3.05) is 122 Å². The zero-order valence-corrected chi connectivity index (χ0v) is 84.0. The number of rotatable bonds is 30. The van der Waals surface area contributed by atoms with Gasteiger partial charge < -0.3 is 111 Å². The van der Waals surface area contributed by atoms with Gasteiger partial charge in [0.15, 0.2) is 87.0 Å². The van der Waals surface area contributed by atoms with Crippen molar-refractivity contribution >= 4 is 134 Å². The van der Waals surface area contributed by atoms with Gasteiger partial charge in [-0.05, 0) is 177 Å². The number of hydrogen-bond donors (Lipinski definition) is 15. The summed E-state index contributed by atoms with van der Waals surface area (Å²) in [5, 5.41) is 105. The van der Waals surface area contributed by atoms with E-state index in [2.05, 4.69) is 180 Å². The van der Waals surface area contributed by atoms with Crippen molar-refractivity contribution in [2.24, 2.45) is 0 Å². The summed E-state index contributed by atoms with van der Waals surface area (Å²) in [6, 6.07) is 0. The Morgan fingerprint density at radius 2 is 0.667 bits per heavy atom. The number of aliphatic hydroxyl groups is 10. The maximum Gasteiger partial charge on any atom is 0.279 e. The van der Waals surface area contributed by atoms with Crippen LogP contribution in [0.4, 0.5) is 11.9 Å². The van der Waals surface area contributed by atoms with Crippen LogP contribution >= 0.6 is 34.4 Å². The molecule has 5 aliphatic heterocycles. The molecule has 47 heteroatoms. The first-order valence-corrected chi connectivity index (χ1v) is 60.1. The largest absolute Gasteiger partial charge is 0.476 e. The second-order valence-electron chi connectivity index (χ2n) is 38.3. The predicted octanol–water partition coefficient (Wildman–Crippen LogP) is 5.76. The highest BCUT2D eigenvalue weighted by Crippen LogP contribution is 2.47. The number of hydrogen-bond acceptors (Lipinski definition) is 34. The molecule has 10 aromatic rings. The summed E-state index contributed by atoms with van der Waals surface area (Å²) in [5.74, 6) is 3.78. The summed E-state index contributed by atoms with van der Waals surface area (Å²) in [7, 11) is 0. The van der Waals surface area contributed by atoms with E-state index in [1.165, 1.54) is 12.7 Å². The number of aromatic nitrogens is 20. The molecule has 17 N–H and O–H groups in total. The number of anilines is 2. The molecule has 0 unspecified atom stereocenters. The van der Waals surface area contributed by atoms with Crippen LogP contribution < -0.4 is 37.6 Å². The highest BCUT2D eigenvalue weighted by Gasteiger charge is 2.50. The molecule has 5 aliphatic rings. The molecule has 0 aromatic carbocycles. The molecule has 0 saturated carbocycles. The quantitative estimate of drug-likeness (QED) is 0.0188. The molecule has 0 bridgehead atoms. The Morgan fingerprint density at radius 1 is 0.370 bits per heavy atom. The number of imidazole rings is 5. The topological polar surface area (TPSA) is 597 Å². The lowest BCUT2D eigenvalue weighted by atomic mass is 10.1. The molecule has 5 fully saturated rings. The summed E-state index contributed by atoms with van der Waals surface area (Å²) in [5.41, 5.74) is 14.1. The number of nitrogens with zero attached hydrogens (tertiary/aromatic N) is 17. The minimum atomic E-state index is -1.27. The van der Waals surface area contributed by atoms with Gasteiger partial charge in [0.05, 0.1) is 56.4 Å². The van der Waals surface area contributed by atoms with Crippen LogP contribution in [0.3, 0.4) is 0 Å². The molecule has 15 heterocycles. The average molecular weight is 1990 g/mol. The van der Waals surface area contributed by atoms with Gasteiger partial charge in [-0.25, -0.2) is 39.9 Å². The van der Waals surface area contributed by atoms with Crippen LogP contribution in [0.15, 0.2) is 27.0 Å². The van der Waals surface area contributed by atoms with E-state index in [1.54, 1.807) is 50.5 Å². The van der Waals surface area contributed by atoms with Crippen molar-refractivity contribution in [3.8, 4) is 11.8 Å². The van der Waals surface area contributed by atoms with Crippen LogP contribution in [0.2, 0.25) is 0 Å². The van der Waals surface area contributed by atoms with Crippen LogP contribution in [0.1, 0.15) is 166 Å². The van der Waals surface area contributed by atoms with E-state index in [-0.39, 0.29) is 60.0 Å². The monoisotopic (exact) mass is 1990 g/mol. The summed E-state index contributed by atoms with van der Waals surface area (Å²) >= 11 is 0. The SMILES string of the molecule is C.C.C=P(C)(C)CC[C@H]1O[C@@H](n2c(C)nc3c(=O)[nH]c(C)nc32)[C@H](O)[C@@H]1O.C=P(C)(C)CC[C@H]1O[C@@H](n2c(CC)nc3c(=O)[nH]c(C)nc32)[C@H](O)[C@@H]1O.C=P(C)(C)CC[C@H]1O[C@@H](n2c(CCC)nc3c(=O)[nH]c(C)nc32)[C@H](O)[C@@H]1O.C=P(C)(C)CC[C@H]1O[C@@H](n2cnc3c(OCCC)nc(N)nc32)[C@H](O)[C@@H]1O.C=P(C)(C)CC[C@H]1O[C@@H](n2cnc3c(OCCCC)nc(N)nc32)[C@H](O)[C@@H]1O. The number of nitrogens with two attached hydrogens (primary N) is 2. The number of ether oxygens (including phenoxy) is 7. The second kappa shape index (κ2) is 45.7. The van der Waals surface area contributed by atoms with Crippen LogP contribution in [0, 0.1) is 27.7 Å². The van der Waals surface area contributed by atoms with Crippen LogP contribution in [-0.2, 0) is 36.5 Å². The number of aliphatic hydroxyl groups excluding tert-OH is 10. The molecule has 5 saturated heterocycles. The molecular formula is C88H147N22O20P5. The third-order valence-corrected chi connectivity index (χ3v) is 30.5. The molecule has 15 rings (SSSR count). The molecule has 754 valence electrons. The molecular weight excluding hydrogens is 1840 g/mol. The number of nitrogen functional groups attached to an aromatic ring is 2. The fourth-order valence-corrected chi connectivity index (χ4v) is 21.0. The summed E-state index contributed by atoms with van der Waals surface area (Å²) in [6.45, 7) is 30.7. The number of nitrogens with one attached hydrogen (secondary N) is 3. The van der Waals surface area contributed by atoms with Gasteiger partial charge >= 0.3 is 0 Å². The van der Waals surface area contributed by atoms with E-state index in [9.17, 15) is 65.4 Å². The number of unbranched alkanes of at least 4 members (excludes halogenated alkanes) is 1. The van der Waals surface area contributed by atoms with Crippen molar-refractivity contribution in [2.45, 2.75) is 264 Å². The Bertz CT molecular complexity index is 6160. The van der Waals surface area contributed by atoms with Gasteiger partial charge in [-0.1, -0.05) is 49.0 Å². The Hall–Kier alpha value is -7.75. The van der Waals surface area contributed by atoms with Crippen molar-refractivity contribution in [1.29, 1.82) is 0 Å². The van der Waals surface area contributed by atoms with Gasteiger partial charge in [-0.15, -0.1) is 65.9 Å². The van der Waals surface area contributed by atoms with Gasteiger partial charge in [0.25, 0.3) is 16.7 Å². The Kier molecular flexibility index (Phi) is 37.5. The maximum atomic E-state index is 12.3. The van der Waals surface area contributed by atoms with Crippen molar-refractivity contribution in [3.05, 3.63) is 78.7 Å². The molecule has 0 radical (unpaired) electrons. The van der Waals surface area contributed by atoms with Crippen LogP contribution in [0.5, 0.6) is 11.8 Å². The zero-order valence-electron chi connectivity index (χ0n) is 79.5. The molecule has 10 aromatic heterocycles. The Morgan fingerprint density at radius 3 is 0.985 bits per heavy atom. The summed E-state index contributed by atoms with van der Waals surface area (Å²) in [4.78, 5) is 96.0. The molecule has 42 nitrogen and oxygen atoms in total. The lowest BCUT2D eigenvalue weighted by Crippen LogP contribution is -2.32. The number of fused-ring (bicyclic) bond motifs is 5. The van der Waals surface area contributed by atoms with E-state index in [4.69, 9.17) is 44.6 Å². The lowest BCUT2D eigenvalue weighted by molar-refractivity contribution is -0.0368. The molecule has 0 aliphatic carbocycles. The molecule has 135 heavy (non-hydrogen) atoms. The fourth-order valence-electron chi connectivity index (χ4n) is 16.2. The predicted molar refractivity (Wildman–Crippen MR) is 542 cm³/mol. The second-order valence-corrected chi connectivity index (χ2v) is 59.9. The van der Waals surface area contributed by atoms with Crippen molar-refractivity contribution in [3.63, 3.8) is 0 Å². The Balaban J connectivity index is 0.000000189. The third-order valence-electron chi connectivity index (χ3n) is 23.2. The first-order chi connectivity index (χ1) is 62.2. The van der Waals surface area contributed by atoms with Gasteiger partial charge in [-0.2, -0.15) is 19.9 Å². The average Bonchev–Trinajstić information content (AvgIpc) is 1.53. The summed E-state index contributed by atoms with van der Waals surface area (Å²) in [6.07, 6.45) is 19.0. The van der Waals surface area contributed by atoms with Crippen LogP contribution in [-0.4, -0.2) is 382 Å². The van der Waals surface area contributed by atoms with Gasteiger partial charge in [0, 0.05) is 12.8 Å². The number of H-pyrrole nitrogens is 3. The number of aryl methyl sites for hydroxylation is 6. The zero-order chi connectivity index (χ0) is 97.9. The first-order valence-electron chi connectivity index (χ1n) is 44.9. The van der Waals surface area contributed by atoms with E-state index < -0.39 is 157 Å². The molecule has 20 atom stereocenters. The highest BCUT2D eigenvalue weighted by molar-refractivity contribution is 7.73. The van der Waals surface area contributed by atoms with E-state index in [1.807, 2.05) is 20.8 Å². The summed E-state index contributed by atoms with van der Waals surface area (Å²) < 4.78 is 49.4. The van der Waals surface area contributed by atoms with Crippen molar-refractivity contribution < 1.29 is 84.2 Å². The number of aromatic amines is 3. The Labute approximate surface area is 787 Å². The fraction of sp³-hybridized carbons (Fsp3) is 0.659. The van der Waals surface area contributed by atoms with E-state index in [0.717, 1.165) is 56.5 Å². The van der Waals surface area contributed by atoms with Gasteiger partial charge in [0.1, 0.15) is 96.0 Å². The van der Waals surface area contributed by atoms with Gasteiger partial charge in [-0.3, -0.25) is 37.2 Å². The van der Waals surface area contributed by atoms with Gasteiger partial charge in [0.2, 0.25) is 23.7 Å². The maximum absolute atomic E-state index is 12.3. The smallest absolute Gasteiger partial charge is 0.279 e. The standard InChI is InChI=1S/C18H30N5O4P.C18H29N4O4P.C17H28N5O4P.C17H27N4O4P.C16H25N4O4P.2CH4/c1-5-6-8-26-16-12-15(21-18(19)22-16)23(10-20-12)17-14(25)13(24)11(27-17)7-9-28(2,3)4;1-6-7-12-21-13-16(19-10(2)20-17(13)25)22(12)18-15(24)14(23)11(26-18)8-9-27(3,4)5;1-5-7-25-15-11-14(20-17(18)21-15)22(9-19-11)16-13(24)12(23)10(26-16)6-8-27(2,3)4;1-6-11-20-12-15(18-9(2)19-16(12)24)21(11)17-14(23)13(22)10(25-17)7-8-26(3,4)5;1-8-17-14-11(15(23)18-8)19-9(2)20(14)16-13(22)12(21)10(24-16)6-7-25(3,4)5;;/h10-11,13-14,17,24-25H,2,5-9H2,1,3-4H3,(H2,19,21,22);11,14-15,18,23-24H,3,6-9H2,1-2,4-5H3,(H,19,20,25);9-10,12-13,16,23-24H,2,5-8H2,1,3-4H3,(H2,18,20,21);10,13-14,17,22-23H,3,6-8H2,1-2,4-5H3,(H,18,19,24);10,12-13,16,21-22H,3,6-7H2,1-2,4-5H3,(H,17,18,23);2*1H4/t11-,13-,14-,17-;11-,14-,15-,18-;10-,12-,13-,16-;10-,13-,14-,17-;10-,12-,13-,16-;;/m11111../s1. The van der Waals surface area contributed by atoms with E-state index >= 15 is 0 Å². The first kappa shape index (κ1) is 111. The highest BCUT2D eigenvalue weighted by atomic mass is 31.2. The van der Waals surface area contributed by atoms with E-state index in [0.29, 0.717) is 144 Å². The molecule has 0 amide bonds. The third kappa shape index (κ3) is 26.7. The van der Waals surface area contributed by atoms with Crippen LogP contribution in [0.25, 0.3) is 55.8 Å². The lowest BCUT2D eigenvalue weighted by Gasteiger charge is -2.20. The minimum absolute atomic E-state index is 0. The van der Waals surface area contributed by atoms with Crippen molar-refractivity contribution in [1.82, 2.24) is 97.6 Å². The minimum Gasteiger partial charge on any atom is -0.476 e. The molecule has 0 spiro atoms.